The molecule has 2 rings (SSSR count). The molecule has 0 saturated heterocycles. The first kappa shape index (κ1) is 15.4. The second-order valence-electron chi connectivity index (χ2n) is 4.84. The first-order valence-corrected chi connectivity index (χ1v) is 8.45. The van der Waals surface area contributed by atoms with E-state index in [0.29, 0.717) is 23.4 Å². The zero-order valence-electron chi connectivity index (χ0n) is 12.3. The van der Waals surface area contributed by atoms with E-state index in [9.17, 15) is 8.42 Å². The number of aryl methyl sites for hydroxylation is 1. The van der Waals surface area contributed by atoms with Crippen LogP contribution in [0.15, 0.2) is 47.4 Å². The number of sulfonamides is 1. The Morgan fingerprint density at radius 1 is 1.05 bits per heavy atom. The van der Waals surface area contributed by atoms with Gasteiger partial charge < -0.3 is 5.73 Å². The molecule has 2 aromatic rings. The van der Waals surface area contributed by atoms with Crippen molar-refractivity contribution in [1.29, 1.82) is 0 Å². The van der Waals surface area contributed by atoms with Crippen molar-refractivity contribution in [2.24, 2.45) is 0 Å². The van der Waals surface area contributed by atoms with Crippen molar-refractivity contribution in [1.82, 2.24) is 0 Å². The van der Waals surface area contributed by atoms with E-state index in [0.717, 1.165) is 12.0 Å². The number of hydrogen-bond donors (Lipinski definition) is 2. The van der Waals surface area contributed by atoms with Crippen LogP contribution in [-0.4, -0.2) is 8.42 Å². The van der Waals surface area contributed by atoms with E-state index < -0.39 is 10.0 Å². The third-order valence-electron chi connectivity index (χ3n) is 3.38. The summed E-state index contributed by atoms with van der Waals surface area (Å²) in [4.78, 5) is 0.269. The SMILES string of the molecule is CCc1cc(N)c(CC)c(S(=O)(=O)Nc2ccccc2)c1. The molecule has 0 aliphatic heterocycles. The number of anilines is 2. The van der Waals surface area contributed by atoms with Crippen LogP contribution in [0.4, 0.5) is 11.4 Å². The van der Waals surface area contributed by atoms with Gasteiger partial charge in [0.1, 0.15) is 0 Å². The molecule has 0 fully saturated rings. The molecular formula is C16H20N2O2S. The Morgan fingerprint density at radius 2 is 1.71 bits per heavy atom. The predicted molar refractivity (Wildman–Crippen MR) is 86.9 cm³/mol. The summed E-state index contributed by atoms with van der Waals surface area (Å²) in [7, 11) is -3.64. The molecule has 0 aromatic heterocycles. The van der Waals surface area contributed by atoms with Crippen molar-refractivity contribution in [3.63, 3.8) is 0 Å². The Hall–Kier alpha value is -2.01. The number of rotatable bonds is 5. The van der Waals surface area contributed by atoms with Gasteiger partial charge in [-0.3, -0.25) is 4.72 Å². The van der Waals surface area contributed by atoms with Crippen molar-refractivity contribution < 1.29 is 8.42 Å². The third kappa shape index (κ3) is 3.36. The van der Waals surface area contributed by atoms with Crippen molar-refractivity contribution in [3.05, 3.63) is 53.6 Å². The van der Waals surface area contributed by atoms with E-state index in [4.69, 9.17) is 5.73 Å². The highest BCUT2D eigenvalue weighted by atomic mass is 32.2. The highest BCUT2D eigenvalue weighted by Gasteiger charge is 2.20. The minimum Gasteiger partial charge on any atom is -0.398 e. The number of nitrogen functional groups attached to an aromatic ring is 1. The van der Waals surface area contributed by atoms with Gasteiger partial charge in [-0.15, -0.1) is 0 Å². The van der Waals surface area contributed by atoms with Crippen LogP contribution < -0.4 is 10.5 Å². The fourth-order valence-electron chi connectivity index (χ4n) is 2.26. The zero-order valence-corrected chi connectivity index (χ0v) is 13.1. The van der Waals surface area contributed by atoms with Gasteiger partial charge in [-0.25, -0.2) is 8.42 Å². The van der Waals surface area contributed by atoms with Crippen molar-refractivity contribution in [3.8, 4) is 0 Å². The summed E-state index contributed by atoms with van der Waals surface area (Å²) < 4.78 is 27.9. The van der Waals surface area contributed by atoms with Crippen LogP contribution in [0.5, 0.6) is 0 Å². The minimum atomic E-state index is -3.64. The van der Waals surface area contributed by atoms with E-state index in [-0.39, 0.29) is 4.90 Å². The lowest BCUT2D eigenvalue weighted by Gasteiger charge is -2.15. The molecule has 0 amide bonds. The van der Waals surface area contributed by atoms with E-state index in [1.807, 2.05) is 26.0 Å². The Kier molecular flexibility index (Phi) is 4.53. The molecular weight excluding hydrogens is 284 g/mol. The third-order valence-corrected chi connectivity index (χ3v) is 4.83. The fraction of sp³-hybridized carbons (Fsp3) is 0.250. The van der Waals surface area contributed by atoms with Crippen LogP contribution in [0, 0.1) is 0 Å². The molecule has 0 bridgehead atoms. The first-order valence-electron chi connectivity index (χ1n) is 6.97. The lowest BCUT2D eigenvalue weighted by molar-refractivity contribution is 0.600. The molecule has 0 aliphatic carbocycles. The van der Waals surface area contributed by atoms with E-state index in [1.54, 1.807) is 30.3 Å². The molecule has 4 nitrogen and oxygen atoms in total. The van der Waals surface area contributed by atoms with Crippen molar-refractivity contribution >= 4 is 21.4 Å². The molecule has 0 spiro atoms. The summed E-state index contributed by atoms with van der Waals surface area (Å²) in [5.41, 5.74) is 8.66. The quantitative estimate of drug-likeness (QED) is 0.833. The first-order chi connectivity index (χ1) is 9.97. The molecule has 3 N–H and O–H groups in total. The Morgan fingerprint density at radius 3 is 2.29 bits per heavy atom. The maximum atomic E-state index is 12.6. The van der Waals surface area contributed by atoms with Crippen LogP contribution >= 0.6 is 0 Å². The lowest BCUT2D eigenvalue weighted by Crippen LogP contribution is -2.16. The Labute approximate surface area is 126 Å². The Bertz CT molecular complexity index is 725. The normalized spacial score (nSPS) is 11.3. The molecule has 0 radical (unpaired) electrons. The van der Waals surface area contributed by atoms with Gasteiger partial charge in [0.2, 0.25) is 0 Å². The second-order valence-corrected chi connectivity index (χ2v) is 6.49. The zero-order chi connectivity index (χ0) is 15.5. The van der Waals surface area contributed by atoms with Gasteiger partial charge >= 0.3 is 0 Å². The molecule has 5 heteroatoms. The highest BCUT2D eigenvalue weighted by molar-refractivity contribution is 7.92. The largest absolute Gasteiger partial charge is 0.398 e. The number of para-hydroxylation sites is 1. The number of hydrogen-bond acceptors (Lipinski definition) is 3. The molecule has 0 aliphatic rings. The molecule has 0 atom stereocenters. The average Bonchev–Trinajstić information content (AvgIpc) is 2.47. The molecule has 112 valence electrons. The molecule has 0 saturated carbocycles. The fourth-order valence-corrected chi connectivity index (χ4v) is 3.71. The maximum absolute atomic E-state index is 12.6. The van der Waals surface area contributed by atoms with Crippen LogP contribution in [0.2, 0.25) is 0 Å². The highest BCUT2D eigenvalue weighted by Crippen LogP contribution is 2.27. The van der Waals surface area contributed by atoms with Gasteiger partial charge in [-0.2, -0.15) is 0 Å². The summed E-state index contributed by atoms with van der Waals surface area (Å²) in [6, 6.07) is 12.4. The smallest absolute Gasteiger partial charge is 0.262 e. The maximum Gasteiger partial charge on any atom is 0.262 e. The van der Waals surface area contributed by atoms with Crippen LogP contribution in [0.25, 0.3) is 0 Å². The topological polar surface area (TPSA) is 72.2 Å². The van der Waals surface area contributed by atoms with Crippen LogP contribution in [0.1, 0.15) is 25.0 Å². The molecule has 0 heterocycles. The van der Waals surface area contributed by atoms with Gasteiger partial charge in [0.25, 0.3) is 10.0 Å². The second kappa shape index (κ2) is 6.18. The van der Waals surface area contributed by atoms with E-state index >= 15 is 0 Å². The lowest BCUT2D eigenvalue weighted by atomic mass is 10.1. The standard InChI is InChI=1S/C16H20N2O2S/c1-3-12-10-15(17)14(4-2)16(11-12)21(19,20)18-13-8-6-5-7-9-13/h5-11,18H,3-4,17H2,1-2H3. The van der Waals surface area contributed by atoms with Gasteiger partial charge in [-0.1, -0.05) is 32.0 Å². The summed E-state index contributed by atoms with van der Waals surface area (Å²) in [6.45, 7) is 3.88. The average molecular weight is 304 g/mol. The van der Waals surface area contributed by atoms with Crippen LogP contribution in [-0.2, 0) is 22.9 Å². The van der Waals surface area contributed by atoms with E-state index in [1.165, 1.54) is 0 Å². The van der Waals surface area contributed by atoms with Crippen LogP contribution in [0.3, 0.4) is 0 Å². The van der Waals surface area contributed by atoms with Gasteiger partial charge in [0, 0.05) is 11.4 Å². The number of benzene rings is 2. The van der Waals surface area contributed by atoms with E-state index in [2.05, 4.69) is 4.72 Å². The molecule has 21 heavy (non-hydrogen) atoms. The van der Waals surface area contributed by atoms with Gasteiger partial charge in [-0.05, 0) is 48.2 Å². The van der Waals surface area contributed by atoms with Crippen molar-refractivity contribution in [2.75, 3.05) is 10.5 Å². The predicted octanol–water partition coefficient (Wildman–Crippen LogP) is 3.19. The molecule has 0 unspecified atom stereocenters. The minimum absolute atomic E-state index is 0.269. The number of nitrogens with one attached hydrogen (secondary N) is 1. The van der Waals surface area contributed by atoms with Gasteiger partial charge in [0.15, 0.2) is 0 Å². The van der Waals surface area contributed by atoms with Gasteiger partial charge in [0.05, 0.1) is 4.90 Å². The number of nitrogens with two attached hydrogens (primary N) is 1. The monoisotopic (exact) mass is 304 g/mol. The summed E-state index contributed by atoms with van der Waals surface area (Å²) in [5.74, 6) is 0. The summed E-state index contributed by atoms with van der Waals surface area (Å²) >= 11 is 0. The summed E-state index contributed by atoms with van der Waals surface area (Å²) in [6.07, 6.45) is 1.31. The molecule has 2 aromatic carbocycles. The Balaban J connectivity index is 2.51. The van der Waals surface area contributed by atoms with Crippen molar-refractivity contribution in [2.45, 2.75) is 31.6 Å². The summed E-state index contributed by atoms with van der Waals surface area (Å²) in [5, 5.41) is 0.